The number of hydrazone groups is 1. The highest BCUT2D eigenvalue weighted by Crippen LogP contribution is 2.30. The van der Waals surface area contributed by atoms with Gasteiger partial charge < -0.3 is 9.73 Å². The molecule has 0 atom stereocenters. The molecule has 0 fully saturated rings. The minimum Gasteiger partial charge on any atom is -0.457 e. The van der Waals surface area contributed by atoms with Crippen LogP contribution in [-0.2, 0) is 11.3 Å². The lowest BCUT2D eigenvalue weighted by atomic mass is 10.1. The highest BCUT2D eigenvalue weighted by molar-refractivity contribution is 6.34. The summed E-state index contributed by atoms with van der Waals surface area (Å²) in [6.07, 6.45) is 1.68. The Labute approximate surface area is 219 Å². The molecule has 0 bridgehead atoms. The number of aryl methyl sites for hydroxylation is 1. The molecule has 2 heterocycles. The van der Waals surface area contributed by atoms with Crippen LogP contribution in [0, 0.1) is 6.92 Å². The molecule has 0 spiro atoms. The molecule has 1 aromatic heterocycles. The number of rotatable bonds is 6. The van der Waals surface area contributed by atoms with E-state index in [0.29, 0.717) is 51.2 Å². The van der Waals surface area contributed by atoms with Crippen LogP contribution in [0.1, 0.15) is 34.2 Å². The number of nitrogens with one attached hydrogen (secondary N) is 1. The molecule has 6 nitrogen and oxygen atoms in total. The third kappa shape index (κ3) is 5.25. The van der Waals surface area contributed by atoms with Crippen molar-refractivity contribution in [3.8, 4) is 11.3 Å². The molecule has 0 unspecified atom stereocenters. The molecule has 0 aliphatic carbocycles. The Morgan fingerprint density at radius 3 is 2.51 bits per heavy atom. The molecule has 1 N–H and O–H groups in total. The van der Waals surface area contributed by atoms with Crippen molar-refractivity contribution in [1.29, 1.82) is 0 Å². The number of hydrogen-bond acceptors (Lipinski definition) is 4. The first kappa shape index (κ1) is 24.3. The molecule has 3 aromatic carbocycles. The third-order valence-corrected chi connectivity index (χ3v) is 6.38. The molecule has 5 rings (SSSR count). The summed E-state index contributed by atoms with van der Waals surface area (Å²) in [5.74, 6) is 0.562. The number of halogens is 1. The topological polar surface area (TPSA) is 74.9 Å². The molecule has 4 aromatic rings. The van der Waals surface area contributed by atoms with E-state index in [0.717, 1.165) is 11.1 Å². The van der Waals surface area contributed by atoms with Crippen LogP contribution < -0.4 is 10.3 Å². The zero-order chi connectivity index (χ0) is 25.9. The second-order valence-corrected chi connectivity index (χ2v) is 9.17. The zero-order valence-electron chi connectivity index (χ0n) is 20.4. The van der Waals surface area contributed by atoms with Crippen molar-refractivity contribution in [2.24, 2.45) is 5.10 Å². The van der Waals surface area contributed by atoms with Crippen LogP contribution >= 0.6 is 11.6 Å². The Morgan fingerprint density at radius 2 is 1.76 bits per heavy atom. The van der Waals surface area contributed by atoms with Crippen LogP contribution in [0.25, 0.3) is 17.4 Å². The number of carbonyl (C=O) groups is 2. The Hall–Kier alpha value is -4.42. The van der Waals surface area contributed by atoms with E-state index in [4.69, 9.17) is 16.0 Å². The zero-order valence-corrected chi connectivity index (χ0v) is 21.1. The summed E-state index contributed by atoms with van der Waals surface area (Å²) in [6.45, 7) is 4.18. The Balaban J connectivity index is 1.34. The van der Waals surface area contributed by atoms with Crippen LogP contribution in [-0.4, -0.2) is 17.5 Å². The van der Waals surface area contributed by atoms with Gasteiger partial charge in [-0.15, -0.1) is 0 Å². The van der Waals surface area contributed by atoms with Gasteiger partial charge in [0, 0.05) is 12.1 Å². The van der Waals surface area contributed by atoms with Crippen LogP contribution in [0.5, 0.6) is 0 Å². The van der Waals surface area contributed by atoms with Crippen molar-refractivity contribution in [2.45, 2.75) is 20.4 Å². The van der Waals surface area contributed by atoms with E-state index in [1.54, 1.807) is 43.3 Å². The molecule has 0 radical (unpaired) electrons. The fourth-order valence-electron chi connectivity index (χ4n) is 4.00. The molecular weight excluding hydrogens is 486 g/mol. The predicted molar refractivity (Wildman–Crippen MR) is 147 cm³/mol. The fraction of sp³-hybridized carbons (Fsp3) is 0.100. The smallest absolute Gasteiger partial charge is 0.280 e. The van der Waals surface area contributed by atoms with Gasteiger partial charge in [0.05, 0.1) is 27.6 Å². The number of furan rings is 1. The summed E-state index contributed by atoms with van der Waals surface area (Å²) in [5.41, 5.74) is 4.92. The number of anilines is 1. The maximum Gasteiger partial charge on any atom is 0.280 e. The van der Waals surface area contributed by atoms with Crippen molar-refractivity contribution in [2.75, 3.05) is 5.01 Å². The number of carbonyl (C=O) groups excluding carboxylic acids is 2. The molecule has 1 aliphatic heterocycles. The van der Waals surface area contributed by atoms with Gasteiger partial charge in [-0.3, -0.25) is 9.59 Å². The summed E-state index contributed by atoms with van der Waals surface area (Å²) in [7, 11) is 0. The first-order valence-electron chi connectivity index (χ1n) is 11.8. The van der Waals surface area contributed by atoms with Gasteiger partial charge in [0.2, 0.25) is 0 Å². The largest absolute Gasteiger partial charge is 0.457 e. The van der Waals surface area contributed by atoms with Gasteiger partial charge in [0.15, 0.2) is 0 Å². The highest BCUT2D eigenvalue weighted by atomic mass is 35.5. The number of amides is 2. The van der Waals surface area contributed by atoms with E-state index in [1.807, 2.05) is 61.5 Å². The molecule has 1 aliphatic rings. The molecule has 0 saturated heterocycles. The van der Waals surface area contributed by atoms with Crippen molar-refractivity contribution >= 4 is 40.9 Å². The number of benzene rings is 3. The van der Waals surface area contributed by atoms with Crippen LogP contribution in [0.2, 0.25) is 5.02 Å². The minimum absolute atomic E-state index is 0.219. The molecule has 2 amide bonds. The van der Waals surface area contributed by atoms with Gasteiger partial charge in [0.25, 0.3) is 11.8 Å². The molecule has 37 heavy (non-hydrogen) atoms. The van der Waals surface area contributed by atoms with Gasteiger partial charge >= 0.3 is 0 Å². The third-order valence-electron chi connectivity index (χ3n) is 6.05. The molecule has 0 saturated carbocycles. The lowest BCUT2D eigenvalue weighted by molar-refractivity contribution is -0.114. The number of hydrogen-bond donors (Lipinski definition) is 1. The summed E-state index contributed by atoms with van der Waals surface area (Å²) < 4.78 is 6.01. The lowest BCUT2D eigenvalue weighted by Crippen LogP contribution is -2.23. The van der Waals surface area contributed by atoms with Crippen molar-refractivity contribution in [3.05, 3.63) is 118 Å². The Bertz CT molecular complexity index is 1540. The first-order chi connectivity index (χ1) is 17.9. The van der Waals surface area contributed by atoms with E-state index >= 15 is 0 Å². The van der Waals surface area contributed by atoms with Gasteiger partial charge in [-0.2, -0.15) is 10.1 Å². The average Bonchev–Trinajstić information content (AvgIpc) is 3.49. The van der Waals surface area contributed by atoms with E-state index < -0.39 is 0 Å². The Morgan fingerprint density at radius 1 is 1.00 bits per heavy atom. The fourth-order valence-corrected chi connectivity index (χ4v) is 4.20. The molecule has 184 valence electrons. The van der Waals surface area contributed by atoms with E-state index in [-0.39, 0.29) is 11.8 Å². The summed E-state index contributed by atoms with van der Waals surface area (Å²) >= 11 is 6.33. The van der Waals surface area contributed by atoms with Gasteiger partial charge in [-0.1, -0.05) is 59.6 Å². The van der Waals surface area contributed by atoms with E-state index in [1.165, 1.54) is 5.01 Å². The van der Waals surface area contributed by atoms with Crippen molar-refractivity contribution in [1.82, 2.24) is 5.32 Å². The standard InChI is InChI=1S/C30H24ClN3O3/c1-19-8-11-23(12-9-19)34-30(36)25(20(2)33-34)17-24-13-15-28(37-24)22-10-14-27(31)26(16-22)29(35)32-18-21-6-4-3-5-7-21/h3-17H,18H2,1-2H3,(H,32,35)/b25-17-. The first-order valence-corrected chi connectivity index (χ1v) is 12.2. The van der Waals surface area contributed by atoms with Gasteiger partial charge in [-0.05, 0) is 68.0 Å². The SMILES string of the molecule is CC1=NN(c2ccc(C)cc2)C(=O)/C1=C\c1ccc(-c2ccc(Cl)c(C(=O)NCc3ccccc3)c2)o1. The quantitative estimate of drug-likeness (QED) is 0.296. The van der Waals surface area contributed by atoms with Crippen molar-refractivity contribution < 1.29 is 14.0 Å². The van der Waals surface area contributed by atoms with Crippen molar-refractivity contribution in [3.63, 3.8) is 0 Å². The summed E-state index contributed by atoms with van der Waals surface area (Å²) in [6, 6.07) is 26.0. The van der Waals surface area contributed by atoms with Gasteiger partial charge in [0.1, 0.15) is 11.5 Å². The molecular formula is C30H24ClN3O3. The van der Waals surface area contributed by atoms with Crippen LogP contribution in [0.3, 0.4) is 0 Å². The Kier molecular flexibility index (Phi) is 6.75. The monoisotopic (exact) mass is 509 g/mol. The second kappa shape index (κ2) is 10.3. The predicted octanol–water partition coefficient (Wildman–Crippen LogP) is 6.64. The summed E-state index contributed by atoms with van der Waals surface area (Å²) in [4.78, 5) is 25.9. The summed E-state index contributed by atoms with van der Waals surface area (Å²) in [5, 5.41) is 9.07. The lowest BCUT2D eigenvalue weighted by Gasteiger charge is -2.11. The molecule has 7 heteroatoms. The maximum absolute atomic E-state index is 13.0. The average molecular weight is 510 g/mol. The highest BCUT2D eigenvalue weighted by Gasteiger charge is 2.29. The van der Waals surface area contributed by atoms with Crippen LogP contribution in [0.15, 0.2) is 100 Å². The van der Waals surface area contributed by atoms with E-state index in [2.05, 4.69) is 10.4 Å². The second-order valence-electron chi connectivity index (χ2n) is 8.76. The normalized spacial score (nSPS) is 14.2. The van der Waals surface area contributed by atoms with Gasteiger partial charge in [-0.25, -0.2) is 0 Å². The minimum atomic E-state index is -0.274. The number of nitrogens with zero attached hydrogens (tertiary/aromatic N) is 2. The van der Waals surface area contributed by atoms with E-state index in [9.17, 15) is 9.59 Å². The maximum atomic E-state index is 13.0. The van der Waals surface area contributed by atoms with Crippen LogP contribution in [0.4, 0.5) is 5.69 Å².